The van der Waals surface area contributed by atoms with E-state index in [2.05, 4.69) is 16.0 Å². The molecule has 21 heavy (non-hydrogen) atoms. The number of nitrogens with one attached hydrogen (secondary N) is 3. The van der Waals surface area contributed by atoms with Gasteiger partial charge in [-0.3, -0.25) is 14.9 Å². The highest BCUT2D eigenvalue weighted by Gasteiger charge is 2.43. The predicted molar refractivity (Wildman–Crippen MR) is 77.9 cm³/mol. The number of carbonyl (C=O) groups excluding carboxylic acids is 3. The number of urea groups is 1. The molecule has 1 aromatic carbocycles. The molecule has 1 atom stereocenters. The maximum Gasteiger partial charge on any atom is 0.322 e. The topological polar surface area (TPSA) is 87.3 Å². The summed E-state index contributed by atoms with van der Waals surface area (Å²) < 4.78 is 0. The Balaban J connectivity index is 1.79. The third-order valence-electron chi connectivity index (χ3n) is 3.28. The van der Waals surface area contributed by atoms with E-state index in [4.69, 9.17) is 11.6 Å². The molecule has 3 N–H and O–H groups in total. The van der Waals surface area contributed by atoms with Gasteiger partial charge in [0.1, 0.15) is 5.54 Å². The number of imide groups is 1. The lowest BCUT2D eigenvalue weighted by Crippen LogP contribution is -2.47. The lowest BCUT2D eigenvalue weighted by Gasteiger charge is -2.19. The van der Waals surface area contributed by atoms with Crippen molar-refractivity contribution >= 4 is 29.4 Å². The summed E-state index contributed by atoms with van der Waals surface area (Å²) in [6.07, 6.45) is 0.573. The van der Waals surface area contributed by atoms with Gasteiger partial charge in [-0.15, -0.1) is 0 Å². The summed E-state index contributed by atoms with van der Waals surface area (Å²) in [5.41, 5.74) is -0.126. The molecular weight excluding hydrogens is 294 g/mol. The Kier molecular flexibility index (Phi) is 4.47. The lowest BCUT2D eigenvalue weighted by atomic mass is 9.98. The number of hydrogen-bond acceptors (Lipinski definition) is 3. The third-order valence-corrected chi connectivity index (χ3v) is 3.53. The van der Waals surface area contributed by atoms with Crippen LogP contribution in [0.5, 0.6) is 0 Å². The van der Waals surface area contributed by atoms with Gasteiger partial charge in [0.2, 0.25) is 5.91 Å². The third kappa shape index (κ3) is 3.95. The average molecular weight is 310 g/mol. The largest absolute Gasteiger partial charge is 0.356 e. The minimum absolute atomic E-state index is 0.0921. The first kappa shape index (κ1) is 15.3. The van der Waals surface area contributed by atoms with Crippen LogP contribution >= 0.6 is 11.6 Å². The van der Waals surface area contributed by atoms with Crippen LogP contribution in [0, 0.1) is 0 Å². The number of amides is 4. The molecule has 0 spiro atoms. The van der Waals surface area contributed by atoms with Crippen LogP contribution in [0.2, 0.25) is 5.02 Å². The molecule has 0 radical (unpaired) electrons. The highest BCUT2D eigenvalue weighted by Crippen LogP contribution is 2.14. The highest BCUT2D eigenvalue weighted by atomic mass is 35.5. The van der Waals surface area contributed by atoms with E-state index in [1.165, 1.54) is 6.92 Å². The summed E-state index contributed by atoms with van der Waals surface area (Å²) in [5, 5.41) is 7.96. The molecule has 1 saturated heterocycles. The van der Waals surface area contributed by atoms with Gasteiger partial charge in [-0.1, -0.05) is 23.7 Å². The second-order valence-electron chi connectivity index (χ2n) is 5.14. The molecule has 0 aliphatic carbocycles. The molecular formula is C14H16ClN3O3. The van der Waals surface area contributed by atoms with Crippen LogP contribution in [0.15, 0.2) is 24.3 Å². The standard InChI is InChI=1S/C14H16ClN3O3/c1-14(12(20)17-13(21)18-14)8-11(19)16-7-6-9-2-4-10(15)5-3-9/h2-5H,6-8H2,1H3,(H,16,19)(H2,17,18,20,21). The zero-order valence-electron chi connectivity index (χ0n) is 11.5. The van der Waals surface area contributed by atoms with E-state index < -0.39 is 17.5 Å². The van der Waals surface area contributed by atoms with Crippen LogP contribution in [0.4, 0.5) is 4.79 Å². The second-order valence-corrected chi connectivity index (χ2v) is 5.58. The first-order chi connectivity index (χ1) is 9.89. The molecule has 0 aromatic heterocycles. The summed E-state index contributed by atoms with van der Waals surface area (Å²) in [5.74, 6) is -0.774. The fourth-order valence-corrected chi connectivity index (χ4v) is 2.21. The maximum atomic E-state index is 11.8. The van der Waals surface area contributed by atoms with Crippen molar-refractivity contribution in [3.05, 3.63) is 34.9 Å². The van der Waals surface area contributed by atoms with E-state index in [1.54, 1.807) is 12.1 Å². The fourth-order valence-electron chi connectivity index (χ4n) is 2.09. The average Bonchev–Trinajstić information content (AvgIpc) is 2.64. The quantitative estimate of drug-likeness (QED) is 0.709. The number of rotatable bonds is 5. The first-order valence-corrected chi connectivity index (χ1v) is 6.91. The molecule has 4 amide bonds. The van der Waals surface area contributed by atoms with Crippen LogP contribution in [-0.4, -0.2) is 29.9 Å². The monoisotopic (exact) mass is 309 g/mol. The Bertz CT molecular complexity index is 573. The van der Waals surface area contributed by atoms with Gasteiger partial charge in [-0.25, -0.2) is 4.79 Å². The van der Waals surface area contributed by atoms with Crippen LogP contribution in [0.3, 0.4) is 0 Å². The number of halogens is 1. The van der Waals surface area contributed by atoms with E-state index in [-0.39, 0.29) is 12.3 Å². The molecule has 0 saturated carbocycles. The molecule has 1 aromatic rings. The van der Waals surface area contributed by atoms with Crippen molar-refractivity contribution in [1.29, 1.82) is 0 Å². The summed E-state index contributed by atoms with van der Waals surface area (Å²) in [7, 11) is 0. The molecule has 2 rings (SSSR count). The van der Waals surface area contributed by atoms with Gasteiger partial charge in [-0.2, -0.15) is 0 Å². The summed E-state index contributed by atoms with van der Waals surface area (Å²) in [6, 6.07) is 6.79. The van der Waals surface area contributed by atoms with Crippen LogP contribution in [-0.2, 0) is 16.0 Å². The van der Waals surface area contributed by atoms with Crippen molar-refractivity contribution in [3.8, 4) is 0 Å². The molecule has 1 unspecified atom stereocenters. The molecule has 1 aliphatic rings. The normalized spacial score (nSPS) is 20.9. The minimum atomic E-state index is -1.18. The predicted octanol–water partition coefficient (Wildman–Crippen LogP) is 0.987. The van der Waals surface area contributed by atoms with Crippen molar-refractivity contribution in [2.24, 2.45) is 0 Å². The molecule has 1 aliphatic heterocycles. The lowest BCUT2D eigenvalue weighted by molar-refractivity contribution is -0.129. The molecule has 7 heteroatoms. The summed E-state index contributed by atoms with van der Waals surface area (Å²) in [6.45, 7) is 1.97. The second kappa shape index (κ2) is 6.13. The van der Waals surface area contributed by atoms with E-state index >= 15 is 0 Å². The van der Waals surface area contributed by atoms with Gasteiger partial charge < -0.3 is 10.6 Å². The van der Waals surface area contributed by atoms with Gasteiger partial charge in [0, 0.05) is 11.6 Å². The van der Waals surface area contributed by atoms with Crippen molar-refractivity contribution in [2.45, 2.75) is 25.3 Å². The van der Waals surface area contributed by atoms with Gasteiger partial charge in [-0.05, 0) is 31.0 Å². The SMILES string of the molecule is CC1(CC(=O)NCCc2ccc(Cl)cc2)NC(=O)NC1=O. The van der Waals surface area contributed by atoms with Crippen molar-refractivity contribution in [2.75, 3.05) is 6.54 Å². The maximum absolute atomic E-state index is 11.8. The van der Waals surface area contributed by atoms with E-state index in [0.717, 1.165) is 5.56 Å². The van der Waals surface area contributed by atoms with Crippen molar-refractivity contribution in [3.63, 3.8) is 0 Å². The van der Waals surface area contributed by atoms with E-state index in [0.29, 0.717) is 18.0 Å². The summed E-state index contributed by atoms with van der Waals surface area (Å²) in [4.78, 5) is 34.5. The number of hydrogen-bond donors (Lipinski definition) is 3. The number of benzene rings is 1. The highest BCUT2D eigenvalue weighted by molar-refractivity contribution is 6.30. The molecule has 1 heterocycles. The summed E-state index contributed by atoms with van der Waals surface area (Å²) >= 11 is 5.79. The van der Waals surface area contributed by atoms with Crippen LogP contribution in [0.1, 0.15) is 18.9 Å². The fraction of sp³-hybridized carbons (Fsp3) is 0.357. The molecule has 6 nitrogen and oxygen atoms in total. The zero-order chi connectivity index (χ0) is 15.5. The number of carbonyl (C=O) groups is 3. The Morgan fingerprint density at radius 2 is 1.95 bits per heavy atom. The molecule has 112 valence electrons. The van der Waals surface area contributed by atoms with Gasteiger partial charge in [0.15, 0.2) is 0 Å². The van der Waals surface area contributed by atoms with E-state index in [1.807, 2.05) is 12.1 Å². The first-order valence-electron chi connectivity index (χ1n) is 6.54. The van der Waals surface area contributed by atoms with Crippen LogP contribution < -0.4 is 16.0 Å². The van der Waals surface area contributed by atoms with Crippen LogP contribution in [0.25, 0.3) is 0 Å². The minimum Gasteiger partial charge on any atom is -0.356 e. The van der Waals surface area contributed by atoms with Crippen molar-refractivity contribution in [1.82, 2.24) is 16.0 Å². The Morgan fingerprint density at radius 1 is 1.29 bits per heavy atom. The van der Waals surface area contributed by atoms with Gasteiger partial charge in [0.05, 0.1) is 6.42 Å². The molecule has 0 bridgehead atoms. The Labute approximate surface area is 127 Å². The zero-order valence-corrected chi connectivity index (χ0v) is 12.3. The van der Waals surface area contributed by atoms with Gasteiger partial charge >= 0.3 is 6.03 Å². The smallest absolute Gasteiger partial charge is 0.322 e. The Hall–Kier alpha value is -2.08. The molecule has 1 fully saturated rings. The van der Waals surface area contributed by atoms with E-state index in [9.17, 15) is 14.4 Å². The van der Waals surface area contributed by atoms with Crippen molar-refractivity contribution < 1.29 is 14.4 Å². The Morgan fingerprint density at radius 3 is 2.52 bits per heavy atom. The van der Waals surface area contributed by atoms with Gasteiger partial charge in [0.25, 0.3) is 5.91 Å².